The summed E-state index contributed by atoms with van der Waals surface area (Å²) in [5.41, 5.74) is 8.51. The second kappa shape index (κ2) is 6.50. The highest BCUT2D eigenvalue weighted by Crippen LogP contribution is 2.37. The van der Waals surface area contributed by atoms with Gasteiger partial charge in [-0.1, -0.05) is 12.1 Å². The summed E-state index contributed by atoms with van der Waals surface area (Å²) in [4.78, 5) is 0. The molecule has 0 fully saturated rings. The smallest absolute Gasteiger partial charge is 0.144 e. The van der Waals surface area contributed by atoms with Gasteiger partial charge >= 0.3 is 0 Å². The highest BCUT2D eigenvalue weighted by molar-refractivity contribution is 9.11. The molecule has 0 saturated heterocycles. The number of para-hydroxylation sites is 2. The number of hydrogen-bond acceptors (Lipinski definition) is 3. The molecule has 0 radical (unpaired) electrons. The predicted molar refractivity (Wildman–Crippen MR) is 91.7 cm³/mol. The van der Waals surface area contributed by atoms with E-state index in [4.69, 9.17) is 10.5 Å². The minimum atomic E-state index is 0.0859. The van der Waals surface area contributed by atoms with Gasteiger partial charge in [-0.25, -0.2) is 0 Å². The van der Waals surface area contributed by atoms with Crippen molar-refractivity contribution in [2.24, 2.45) is 0 Å². The summed E-state index contributed by atoms with van der Waals surface area (Å²) in [7, 11) is 0. The molecular weight excluding hydrogens is 384 g/mol. The third-order valence-corrected chi connectivity index (χ3v) is 3.97. The molecule has 0 saturated carbocycles. The molecule has 0 aliphatic heterocycles. The number of rotatable bonds is 4. The summed E-state index contributed by atoms with van der Waals surface area (Å²) in [5, 5.41) is 3.32. The normalized spacial score (nSPS) is 10.7. The standard InChI is InChI=1S/C15H16Br2N2O/c1-9(2)20-13-8-4-7-12(14(13)18)19-15-10(16)5-3-6-11(15)17/h3-9,19H,18H2,1-2H3. The number of halogens is 2. The van der Waals surface area contributed by atoms with Gasteiger partial charge in [0.1, 0.15) is 5.75 Å². The maximum absolute atomic E-state index is 6.16. The molecule has 0 amide bonds. The number of nitrogens with one attached hydrogen (secondary N) is 1. The van der Waals surface area contributed by atoms with Gasteiger partial charge in [0.15, 0.2) is 0 Å². The van der Waals surface area contributed by atoms with Gasteiger partial charge in [-0.15, -0.1) is 0 Å². The second-order valence-electron chi connectivity index (χ2n) is 4.61. The van der Waals surface area contributed by atoms with Gasteiger partial charge < -0.3 is 15.8 Å². The SMILES string of the molecule is CC(C)Oc1cccc(Nc2c(Br)cccc2Br)c1N. The summed E-state index contributed by atoms with van der Waals surface area (Å²) in [6, 6.07) is 11.6. The highest BCUT2D eigenvalue weighted by Gasteiger charge is 2.10. The Morgan fingerprint density at radius 1 is 1.05 bits per heavy atom. The van der Waals surface area contributed by atoms with Crippen molar-refractivity contribution in [3.05, 3.63) is 45.3 Å². The highest BCUT2D eigenvalue weighted by atomic mass is 79.9. The number of ether oxygens (including phenoxy) is 1. The lowest BCUT2D eigenvalue weighted by Crippen LogP contribution is -2.08. The molecule has 2 aromatic rings. The molecule has 3 nitrogen and oxygen atoms in total. The van der Waals surface area contributed by atoms with Gasteiger partial charge in [0.05, 0.1) is 23.2 Å². The molecule has 0 heterocycles. The minimum absolute atomic E-state index is 0.0859. The van der Waals surface area contributed by atoms with Gasteiger partial charge in [0.2, 0.25) is 0 Å². The van der Waals surface area contributed by atoms with E-state index in [1.165, 1.54) is 0 Å². The molecule has 106 valence electrons. The van der Waals surface area contributed by atoms with E-state index in [2.05, 4.69) is 37.2 Å². The number of nitrogen functional groups attached to an aromatic ring is 1. The summed E-state index contributed by atoms with van der Waals surface area (Å²) in [6.45, 7) is 3.95. The van der Waals surface area contributed by atoms with E-state index < -0.39 is 0 Å². The fraction of sp³-hybridized carbons (Fsp3) is 0.200. The third-order valence-electron chi connectivity index (χ3n) is 2.65. The van der Waals surface area contributed by atoms with Crippen molar-refractivity contribution in [1.29, 1.82) is 0 Å². The predicted octanol–water partition coefficient (Wildman–Crippen LogP) is 5.32. The van der Waals surface area contributed by atoms with Crippen LogP contribution in [0.1, 0.15) is 13.8 Å². The fourth-order valence-corrected chi connectivity index (χ4v) is 2.96. The summed E-state index contributed by atoms with van der Waals surface area (Å²) < 4.78 is 7.61. The van der Waals surface area contributed by atoms with Crippen molar-refractivity contribution in [3.63, 3.8) is 0 Å². The fourth-order valence-electron chi connectivity index (χ4n) is 1.76. The van der Waals surface area contributed by atoms with Crippen LogP contribution in [0.4, 0.5) is 17.1 Å². The molecule has 0 bridgehead atoms. The van der Waals surface area contributed by atoms with Crippen molar-refractivity contribution in [2.45, 2.75) is 20.0 Å². The zero-order valence-electron chi connectivity index (χ0n) is 11.3. The van der Waals surface area contributed by atoms with E-state index in [0.29, 0.717) is 11.4 Å². The number of benzene rings is 2. The lowest BCUT2D eigenvalue weighted by Gasteiger charge is -2.17. The first-order valence-corrected chi connectivity index (χ1v) is 7.84. The number of nitrogens with two attached hydrogens (primary N) is 1. The van der Waals surface area contributed by atoms with Crippen LogP contribution in [0.15, 0.2) is 45.3 Å². The molecule has 20 heavy (non-hydrogen) atoms. The van der Waals surface area contributed by atoms with Crippen LogP contribution >= 0.6 is 31.9 Å². The van der Waals surface area contributed by atoms with Crippen LogP contribution in [0.3, 0.4) is 0 Å². The molecule has 0 aromatic heterocycles. The van der Waals surface area contributed by atoms with Crippen molar-refractivity contribution in [2.75, 3.05) is 11.1 Å². The van der Waals surface area contributed by atoms with Crippen LogP contribution in [0.2, 0.25) is 0 Å². The molecule has 0 unspecified atom stereocenters. The van der Waals surface area contributed by atoms with Crippen molar-refractivity contribution in [3.8, 4) is 5.75 Å². The van der Waals surface area contributed by atoms with Gasteiger partial charge in [-0.05, 0) is 70.0 Å². The molecule has 5 heteroatoms. The van der Waals surface area contributed by atoms with E-state index in [-0.39, 0.29) is 6.10 Å². The minimum Gasteiger partial charge on any atom is -0.489 e. The summed E-state index contributed by atoms with van der Waals surface area (Å²) in [5.74, 6) is 0.688. The molecule has 3 N–H and O–H groups in total. The zero-order valence-corrected chi connectivity index (χ0v) is 14.5. The molecule has 0 aliphatic carbocycles. The summed E-state index contributed by atoms with van der Waals surface area (Å²) >= 11 is 7.05. The Balaban J connectivity index is 2.35. The van der Waals surface area contributed by atoms with Crippen LogP contribution in [0.25, 0.3) is 0 Å². The first-order valence-electron chi connectivity index (χ1n) is 6.25. The topological polar surface area (TPSA) is 47.3 Å². The Bertz CT molecular complexity index is 595. The largest absolute Gasteiger partial charge is 0.489 e. The Hall–Kier alpha value is -1.20. The van der Waals surface area contributed by atoms with Crippen molar-refractivity contribution < 1.29 is 4.74 Å². The molecule has 0 spiro atoms. The number of hydrogen-bond donors (Lipinski definition) is 2. The zero-order chi connectivity index (χ0) is 14.7. The Morgan fingerprint density at radius 2 is 1.65 bits per heavy atom. The number of anilines is 3. The third kappa shape index (κ3) is 3.46. The van der Waals surface area contributed by atoms with Crippen molar-refractivity contribution in [1.82, 2.24) is 0 Å². The van der Waals surface area contributed by atoms with Gasteiger partial charge in [0, 0.05) is 8.95 Å². The first-order chi connectivity index (χ1) is 9.49. The van der Waals surface area contributed by atoms with Crippen LogP contribution in [0.5, 0.6) is 5.75 Å². The first kappa shape index (κ1) is 15.2. The van der Waals surface area contributed by atoms with E-state index in [0.717, 1.165) is 20.3 Å². The monoisotopic (exact) mass is 398 g/mol. The average molecular weight is 400 g/mol. The molecule has 2 rings (SSSR count). The van der Waals surface area contributed by atoms with Gasteiger partial charge in [-0.3, -0.25) is 0 Å². The lowest BCUT2D eigenvalue weighted by atomic mass is 10.2. The Kier molecular flexibility index (Phi) is 4.94. The van der Waals surface area contributed by atoms with E-state index >= 15 is 0 Å². The van der Waals surface area contributed by atoms with Crippen LogP contribution in [0, 0.1) is 0 Å². The van der Waals surface area contributed by atoms with Crippen LogP contribution in [-0.4, -0.2) is 6.10 Å². The van der Waals surface area contributed by atoms with E-state index in [1.807, 2.05) is 50.2 Å². The van der Waals surface area contributed by atoms with Crippen molar-refractivity contribution >= 4 is 48.9 Å². The van der Waals surface area contributed by atoms with Crippen LogP contribution in [-0.2, 0) is 0 Å². The van der Waals surface area contributed by atoms with E-state index in [1.54, 1.807) is 0 Å². The van der Waals surface area contributed by atoms with Crippen LogP contribution < -0.4 is 15.8 Å². The quantitative estimate of drug-likeness (QED) is 0.683. The van der Waals surface area contributed by atoms with E-state index in [9.17, 15) is 0 Å². The maximum Gasteiger partial charge on any atom is 0.144 e. The average Bonchev–Trinajstić information content (AvgIpc) is 2.37. The second-order valence-corrected chi connectivity index (χ2v) is 6.31. The molecule has 0 atom stereocenters. The van der Waals surface area contributed by atoms with Gasteiger partial charge in [-0.2, -0.15) is 0 Å². The maximum atomic E-state index is 6.16. The van der Waals surface area contributed by atoms with Gasteiger partial charge in [0.25, 0.3) is 0 Å². The lowest BCUT2D eigenvalue weighted by molar-refractivity contribution is 0.244. The molecule has 2 aromatic carbocycles. The summed E-state index contributed by atoms with van der Waals surface area (Å²) in [6.07, 6.45) is 0.0859. The molecular formula is C15H16Br2N2O. The molecule has 0 aliphatic rings. The Morgan fingerprint density at radius 3 is 2.25 bits per heavy atom. The Labute approximate surface area is 135 Å².